The SMILES string of the molecule is O=C1c2c(ccc(Cl)c2Cl)CN2C(=O)CCC12. The van der Waals surface area contributed by atoms with Crippen molar-refractivity contribution in [2.45, 2.75) is 25.4 Å². The molecule has 17 heavy (non-hydrogen) atoms. The van der Waals surface area contributed by atoms with E-state index in [9.17, 15) is 9.59 Å². The summed E-state index contributed by atoms with van der Waals surface area (Å²) in [5, 5.41) is 0.699. The quantitative estimate of drug-likeness (QED) is 0.726. The Hall–Kier alpha value is -1.06. The van der Waals surface area contributed by atoms with Gasteiger partial charge in [-0.15, -0.1) is 0 Å². The third-order valence-electron chi connectivity index (χ3n) is 3.40. The van der Waals surface area contributed by atoms with Gasteiger partial charge in [0.05, 0.1) is 16.1 Å². The van der Waals surface area contributed by atoms with Gasteiger partial charge in [0.25, 0.3) is 0 Å². The molecule has 2 heterocycles. The smallest absolute Gasteiger partial charge is 0.223 e. The van der Waals surface area contributed by atoms with Crippen LogP contribution in [0.4, 0.5) is 0 Å². The molecule has 0 N–H and O–H groups in total. The number of fused-ring (bicyclic) bond motifs is 2. The summed E-state index contributed by atoms with van der Waals surface area (Å²) in [5.41, 5.74) is 1.28. The van der Waals surface area contributed by atoms with Gasteiger partial charge in [-0.3, -0.25) is 9.59 Å². The first-order valence-electron chi connectivity index (χ1n) is 5.40. The predicted molar refractivity (Wildman–Crippen MR) is 64.4 cm³/mol. The van der Waals surface area contributed by atoms with Crippen LogP contribution in [-0.4, -0.2) is 22.6 Å². The maximum Gasteiger partial charge on any atom is 0.223 e. The molecule has 2 aliphatic heterocycles. The zero-order valence-corrected chi connectivity index (χ0v) is 10.4. The number of Topliss-reactive ketones (excluding diaryl/α,β-unsaturated/α-hetero) is 1. The molecule has 0 saturated carbocycles. The molecule has 5 heteroatoms. The summed E-state index contributed by atoms with van der Waals surface area (Å²) in [4.78, 5) is 25.5. The molecule has 1 amide bonds. The molecule has 0 spiro atoms. The Morgan fingerprint density at radius 3 is 2.76 bits per heavy atom. The number of hydrogen-bond acceptors (Lipinski definition) is 2. The van der Waals surface area contributed by atoms with Gasteiger partial charge in [-0.1, -0.05) is 29.3 Å². The number of amides is 1. The average Bonchev–Trinajstić information content (AvgIpc) is 2.67. The van der Waals surface area contributed by atoms with Gasteiger partial charge >= 0.3 is 0 Å². The van der Waals surface area contributed by atoms with Crippen LogP contribution in [0.2, 0.25) is 10.0 Å². The molecule has 0 bridgehead atoms. The highest BCUT2D eigenvalue weighted by molar-refractivity contribution is 6.44. The second-order valence-electron chi connectivity index (χ2n) is 4.34. The second kappa shape index (κ2) is 3.72. The number of hydrogen-bond donors (Lipinski definition) is 0. The fourth-order valence-electron chi connectivity index (χ4n) is 2.54. The summed E-state index contributed by atoms with van der Waals surface area (Å²) < 4.78 is 0. The lowest BCUT2D eigenvalue weighted by atomic mass is 9.93. The van der Waals surface area contributed by atoms with E-state index in [-0.39, 0.29) is 17.7 Å². The van der Waals surface area contributed by atoms with Crippen molar-refractivity contribution in [3.63, 3.8) is 0 Å². The van der Waals surface area contributed by atoms with Crippen LogP contribution in [0.3, 0.4) is 0 Å². The van der Waals surface area contributed by atoms with Crippen molar-refractivity contribution < 1.29 is 9.59 Å². The van der Waals surface area contributed by atoms with Crippen LogP contribution in [0.15, 0.2) is 12.1 Å². The molecule has 1 fully saturated rings. The number of rotatable bonds is 0. The summed E-state index contributed by atoms with van der Waals surface area (Å²) >= 11 is 12.0. The Labute approximate surface area is 108 Å². The van der Waals surface area contributed by atoms with E-state index in [1.54, 1.807) is 17.0 Å². The molecular weight excluding hydrogens is 261 g/mol. The van der Waals surface area contributed by atoms with E-state index >= 15 is 0 Å². The number of carbonyl (C=O) groups excluding carboxylic acids is 2. The average molecular weight is 270 g/mol. The van der Waals surface area contributed by atoms with Crippen molar-refractivity contribution in [2.75, 3.05) is 0 Å². The standard InChI is InChI=1S/C12H9Cl2NO2/c13-7-2-1-6-5-15-8(3-4-9(15)16)12(17)10(6)11(7)14/h1-2,8H,3-5H2. The first kappa shape index (κ1) is 11.1. The van der Waals surface area contributed by atoms with Gasteiger partial charge in [-0.25, -0.2) is 0 Å². The largest absolute Gasteiger partial charge is 0.328 e. The summed E-state index contributed by atoms with van der Waals surface area (Å²) in [7, 11) is 0. The number of carbonyl (C=O) groups is 2. The maximum atomic E-state index is 12.3. The molecule has 88 valence electrons. The minimum absolute atomic E-state index is 0.0417. The van der Waals surface area contributed by atoms with Gasteiger partial charge in [0.1, 0.15) is 0 Å². The molecule has 0 aromatic heterocycles. The second-order valence-corrected chi connectivity index (χ2v) is 5.12. The lowest BCUT2D eigenvalue weighted by Crippen LogP contribution is -2.42. The van der Waals surface area contributed by atoms with Crippen LogP contribution in [0.1, 0.15) is 28.8 Å². The van der Waals surface area contributed by atoms with Crippen LogP contribution in [0.25, 0.3) is 0 Å². The predicted octanol–water partition coefficient (Wildman–Crippen LogP) is 2.68. The molecule has 3 rings (SSSR count). The van der Waals surface area contributed by atoms with Crippen molar-refractivity contribution in [3.05, 3.63) is 33.3 Å². The zero-order chi connectivity index (χ0) is 12.2. The van der Waals surface area contributed by atoms with Crippen LogP contribution in [0.5, 0.6) is 0 Å². The van der Waals surface area contributed by atoms with E-state index < -0.39 is 0 Å². The van der Waals surface area contributed by atoms with E-state index in [2.05, 4.69) is 0 Å². The van der Waals surface area contributed by atoms with Crippen molar-refractivity contribution in [1.29, 1.82) is 0 Å². The highest BCUT2D eigenvalue weighted by Crippen LogP contribution is 2.37. The molecule has 0 aliphatic carbocycles. The minimum atomic E-state index is -0.342. The monoisotopic (exact) mass is 269 g/mol. The summed E-state index contributed by atoms with van der Waals surface area (Å²) in [5.74, 6) is -0.0373. The lowest BCUT2D eigenvalue weighted by Gasteiger charge is -2.30. The number of halogens is 2. The topological polar surface area (TPSA) is 37.4 Å². The Morgan fingerprint density at radius 1 is 1.24 bits per heavy atom. The Kier molecular flexibility index (Phi) is 2.42. The number of ketones is 1. The highest BCUT2D eigenvalue weighted by Gasteiger charge is 2.41. The first-order valence-corrected chi connectivity index (χ1v) is 6.15. The van der Waals surface area contributed by atoms with E-state index in [0.29, 0.717) is 35.0 Å². The minimum Gasteiger partial charge on any atom is -0.328 e. The van der Waals surface area contributed by atoms with Crippen LogP contribution >= 0.6 is 23.2 Å². The number of nitrogens with zero attached hydrogens (tertiary/aromatic N) is 1. The third kappa shape index (κ3) is 1.49. The molecule has 1 aromatic carbocycles. The highest BCUT2D eigenvalue weighted by atomic mass is 35.5. The molecule has 2 aliphatic rings. The Balaban J connectivity index is 2.16. The van der Waals surface area contributed by atoms with Crippen molar-refractivity contribution in [1.82, 2.24) is 4.90 Å². The van der Waals surface area contributed by atoms with Gasteiger partial charge in [-0.2, -0.15) is 0 Å². The van der Waals surface area contributed by atoms with E-state index in [4.69, 9.17) is 23.2 Å². The maximum absolute atomic E-state index is 12.3. The molecule has 1 aromatic rings. The van der Waals surface area contributed by atoms with E-state index in [1.807, 2.05) is 0 Å². The van der Waals surface area contributed by atoms with Crippen LogP contribution in [-0.2, 0) is 11.3 Å². The van der Waals surface area contributed by atoms with Crippen molar-refractivity contribution in [2.24, 2.45) is 0 Å². The molecule has 0 radical (unpaired) electrons. The Morgan fingerprint density at radius 2 is 2.00 bits per heavy atom. The number of benzene rings is 1. The summed E-state index contributed by atoms with van der Waals surface area (Å²) in [6.45, 7) is 0.460. The lowest BCUT2D eigenvalue weighted by molar-refractivity contribution is -0.129. The zero-order valence-electron chi connectivity index (χ0n) is 8.87. The Bertz CT molecular complexity index is 542. The molecule has 1 atom stereocenters. The van der Waals surface area contributed by atoms with Crippen molar-refractivity contribution in [3.8, 4) is 0 Å². The fraction of sp³-hybridized carbons (Fsp3) is 0.333. The van der Waals surface area contributed by atoms with E-state index in [1.165, 1.54) is 0 Å². The summed E-state index contributed by atoms with van der Waals surface area (Å²) in [6.07, 6.45) is 1.02. The van der Waals surface area contributed by atoms with Gasteiger partial charge in [0, 0.05) is 18.5 Å². The van der Waals surface area contributed by atoms with Crippen LogP contribution in [0, 0.1) is 0 Å². The normalized spacial score (nSPS) is 22.7. The van der Waals surface area contributed by atoms with Crippen molar-refractivity contribution >= 4 is 34.9 Å². The fourth-order valence-corrected chi connectivity index (χ4v) is 2.98. The van der Waals surface area contributed by atoms with Crippen LogP contribution < -0.4 is 0 Å². The molecule has 1 saturated heterocycles. The van der Waals surface area contributed by atoms with Gasteiger partial charge < -0.3 is 4.90 Å². The van der Waals surface area contributed by atoms with E-state index in [0.717, 1.165) is 5.56 Å². The van der Waals surface area contributed by atoms with Gasteiger partial charge in [-0.05, 0) is 18.1 Å². The molecule has 1 unspecified atom stereocenters. The summed E-state index contributed by atoms with van der Waals surface area (Å²) in [6, 6.07) is 3.09. The van der Waals surface area contributed by atoms with Gasteiger partial charge in [0.2, 0.25) is 5.91 Å². The molecule has 3 nitrogen and oxygen atoms in total. The van der Waals surface area contributed by atoms with Gasteiger partial charge in [0.15, 0.2) is 5.78 Å². The molecular formula is C12H9Cl2NO2. The third-order valence-corrected chi connectivity index (χ3v) is 4.20. The first-order chi connectivity index (χ1) is 8.09.